The number of carbonyl (C=O) groups is 1. The largest absolute Gasteiger partial charge is 0.507 e. The molecule has 0 radical (unpaired) electrons. The SMILES string of the molecule is C=CCc1cccc(C=NNC(=O)CSc2nnc(CNc3ccc(Cl)cc3C)n2-c2ccccc2)c1O. The molecule has 0 atom stereocenters. The lowest BCUT2D eigenvalue weighted by Gasteiger charge is -2.12. The number of rotatable bonds is 11. The molecule has 0 aliphatic rings. The summed E-state index contributed by atoms with van der Waals surface area (Å²) in [6.07, 6.45) is 3.66. The molecule has 0 saturated carbocycles. The molecular formula is C28H27ClN6O2S. The van der Waals surface area contributed by atoms with Gasteiger partial charge in [-0.2, -0.15) is 5.10 Å². The van der Waals surface area contributed by atoms with Crippen LogP contribution < -0.4 is 10.7 Å². The zero-order valence-electron chi connectivity index (χ0n) is 20.8. The molecule has 1 heterocycles. The summed E-state index contributed by atoms with van der Waals surface area (Å²) in [5.74, 6) is 0.577. The van der Waals surface area contributed by atoms with Crippen molar-refractivity contribution in [2.45, 2.75) is 25.0 Å². The molecule has 4 aromatic rings. The molecular weight excluding hydrogens is 520 g/mol. The number of hydrazone groups is 1. The van der Waals surface area contributed by atoms with Gasteiger partial charge >= 0.3 is 0 Å². The lowest BCUT2D eigenvalue weighted by Crippen LogP contribution is -2.20. The van der Waals surface area contributed by atoms with Gasteiger partial charge in [-0.1, -0.05) is 59.8 Å². The maximum absolute atomic E-state index is 12.5. The van der Waals surface area contributed by atoms with E-state index in [1.165, 1.54) is 18.0 Å². The Morgan fingerprint density at radius 2 is 1.97 bits per heavy atom. The van der Waals surface area contributed by atoms with Gasteiger partial charge in [0.25, 0.3) is 5.91 Å². The van der Waals surface area contributed by atoms with Crippen molar-refractivity contribution in [3.05, 3.63) is 107 Å². The number of nitrogens with zero attached hydrogens (tertiary/aromatic N) is 4. The van der Waals surface area contributed by atoms with Gasteiger partial charge in [-0.05, 0) is 60.9 Å². The molecule has 0 spiro atoms. The lowest BCUT2D eigenvalue weighted by molar-refractivity contribution is -0.118. The minimum Gasteiger partial charge on any atom is -0.507 e. The Labute approximate surface area is 230 Å². The number of aryl methyl sites for hydroxylation is 1. The van der Waals surface area contributed by atoms with Crippen LogP contribution in [0.3, 0.4) is 0 Å². The Morgan fingerprint density at radius 3 is 2.74 bits per heavy atom. The summed E-state index contributed by atoms with van der Waals surface area (Å²) >= 11 is 7.33. The number of carbonyl (C=O) groups excluding carboxylic acids is 1. The molecule has 0 bridgehead atoms. The molecule has 4 rings (SSSR count). The van der Waals surface area contributed by atoms with Crippen LogP contribution in [-0.2, 0) is 17.8 Å². The van der Waals surface area contributed by atoms with Crippen LogP contribution in [0.2, 0.25) is 5.02 Å². The fraction of sp³-hybridized carbons (Fsp3) is 0.143. The van der Waals surface area contributed by atoms with Crippen LogP contribution in [0.1, 0.15) is 22.5 Å². The molecule has 0 aliphatic heterocycles. The monoisotopic (exact) mass is 546 g/mol. The number of para-hydroxylation sites is 2. The van der Waals surface area contributed by atoms with Crippen LogP contribution in [-0.4, -0.2) is 37.7 Å². The topological polar surface area (TPSA) is 104 Å². The predicted molar refractivity (Wildman–Crippen MR) is 153 cm³/mol. The van der Waals surface area contributed by atoms with E-state index >= 15 is 0 Å². The third-order valence-corrected chi connectivity index (χ3v) is 6.74. The van der Waals surface area contributed by atoms with Crippen molar-refractivity contribution in [1.29, 1.82) is 0 Å². The molecule has 0 saturated heterocycles. The maximum Gasteiger partial charge on any atom is 0.250 e. The van der Waals surface area contributed by atoms with E-state index in [0.717, 1.165) is 22.5 Å². The zero-order chi connectivity index (χ0) is 26.9. The molecule has 0 aliphatic carbocycles. The first-order chi connectivity index (χ1) is 18.5. The van der Waals surface area contributed by atoms with E-state index in [1.54, 1.807) is 12.1 Å². The van der Waals surface area contributed by atoms with Crippen LogP contribution in [0.25, 0.3) is 5.69 Å². The van der Waals surface area contributed by atoms with Gasteiger partial charge < -0.3 is 10.4 Å². The zero-order valence-corrected chi connectivity index (χ0v) is 22.3. The molecule has 8 nitrogen and oxygen atoms in total. The number of aromatic hydroxyl groups is 1. The van der Waals surface area contributed by atoms with Crippen molar-refractivity contribution in [3.63, 3.8) is 0 Å². The van der Waals surface area contributed by atoms with Crippen molar-refractivity contribution in [1.82, 2.24) is 20.2 Å². The lowest BCUT2D eigenvalue weighted by atomic mass is 10.1. The number of phenolic OH excluding ortho intramolecular Hbond substituents is 1. The van der Waals surface area contributed by atoms with E-state index in [0.29, 0.717) is 34.5 Å². The van der Waals surface area contributed by atoms with Crippen LogP contribution in [0, 0.1) is 6.92 Å². The third kappa shape index (κ3) is 6.81. The molecule has 1 aromatic heterocycles. The van der Waals surface area contributed by atoms with Crippen molar-refractivity contribution >= 4 is 41.2 Å². The number of hydrogen-bond acceptors (Lipinski definition) is 7. The molecule has 3 aromatic carbocycles. The van der Waals surface area contributed by atoms with Gasteiger partial charge in [0.15, 0.2) is 11.0 Å². The first-order valence-corrected chi connectivity index (χ1v) is 13.2. The van der Waals surface area contributed by atoms with Crippen LogP contribution in [0.15, 0.2) is 89.6 Å². The number of phenols is 1. The summed E-state index contributed by atoms with van der Waals surface area (Å²) in [4.78, 5) is 12.5. The maximum atomic E-state index is 12.5. The van der Waals surface area contributed by atoms with Crippen LogP contribution >= 0.6 is 23.4 Å². The van der Waals surface area contributed by atoms with Gasteiger partial charge in [-0.25, -0.2) is 5.43 Å². The fourth-order valence-corrected chi connectivity index (χ4v) is 4.71. The van der Waals surface area contributed by atoms with Crippen LogP contribution in [0.5, 0.6) is 5.75 Å². The Morgan fingerprint density at radius 1 is 1.16 bits per heavy atom. The summed E-state index contributed by atoms with van der Waals surface area (Å²) in [5, 5.41) is 27.7. The van der Waals surface area contributed by atoms with E-state index in [2.05, 4.69) is 32.6 Å². The highest BCUT2D eigenvalue weighted by Gasteiger charge is 2.16. The summed E-state index contributed by atoms with van der Waals surface area (Å²) < 4.78 is 1.92. The second-order valence-corrected chi connectivity index (χ2v) is 9.69. The van der Waals surface area contributed by atoms with Gasteiger partial charge in [0.1, 0.15) is 5.75 Å². The quantitative estimate of drug-likeness (QED) is 0.0990. The highest BCUT2D eigenvalue weighted by atomic mass is 35.5. The Kier molecular flexibility index (Phi) is 9.18. The third-order valence-electron chi connectivity index (χ3n) is 5.58. The smallest absolute Gasteiger partial charge is 0.250 e. The molecule has 194 valence electrons. The van der Waals surface area contributed by atoms with Crippen molar-refractivity contribution in [2.75, 3.05) is 11.1 Å². The highest BCUT2D eigenvalue weighted by molar-refractivity contribution is 7.99. The number of benzene rings is 3. The molecule has 10 heteroatoms. The van der Waals surface area contributed by atoms with Gasteiger partial charge in [0.05, 0.1) is 18.5 Å². The summed E-state index contributed by atoms with van der Waals surface area (Å²) in [6, 6.07) is 20.7. The predicted octanol–water partition coefficient (Wildman–Crippen LogP) is 5.52. The molecule has 1 amide bonds. The van der Waals surface area contributed by atoms with Crippen LogP contribution in [0.4, 0.5) is 5.69 Å². The highest BCUT2D eigenvalue weighted by Crippen LogP contribution is 2.25. The minimum absolute atomic E-state index is 0.0779. The number of amides is 1. The number of halogens is 1. The van der Waals surface area contributed by atoms with Gasteiger partial charge in [0.2, 0.25) is 0 Å². The van der Waals surface area contributed by atoms with E-state index in [4.69, 9.17) is 11.6 Å². The van der Waals surface area contributed by atoms with Crippen molar-refractivity contribution in [2.24, 2.45) is 5.10 Å². The van der Waals surface area contributed by atoms with E-state index < -0.39 is 0 Å². The fourth-order valence-electron chi connectivity index (χ4n) is 3.72. The number of anilines is 1. The molecule has 3 N–H and O–H groups in total. The standard InChI is InChI=1S/C28H27ClN6O2S/c1-3-8-20-9-7-10-21(27(20)37)16-31-33-26(36)18-38-28-34-32-25(35(28)23-11-5-4-6-12-23)17-30-24-14-13-22(29)15-19(24)2/h3-7,9-16,30,37H,1,8,17-18H2,2H3,(H,33,36). The van der Waals surface area contributed by atoms with Gasteiger partial charge in [-0.15, -0.1) is 16.8 Å². The average Bonchev–Trinajstić information content (AvgIpc) is 3.32. The first-order valence-electron chi connectivity index (χ1n) is 11.8. The summed E-state index contributed by atoms with van der Waals surface area (Å²) in [7, 11) is 0. The van der Waals surface area contributed by atoms with Gasteiger partial charge in [0, 0.05) is 22.0 Å². The average molecular weight is 547 g/mol. The molecule has 38 heavy (non-hydrogen) atoms. The Hall–Kier alpha value is -4.08. The summed E-state index contributed by atoms with van der Waals surface area (Å²) in [5.41, 5.74) is 6.61. The Balaban J connectivity index is 1.43. The van der Waals surface area contributed by atoms with E-state index in [1.807, 2.05) is 72.2 Å². The molecule has 0 fully saturated rings. The molecule has 0 unspecified atom stereocenters. The van der Waals surface area contributed by atoms with E-state index in [9.17, 15) is 9.90 Å². The number of thioether (sulfide) groups is 1. The van der Waals surface area contributed by atoms with Gasteiger partial charge in [-0.3, -0.25) is 9.36 Å². The van der Waals surface area contributed by atoms with Crippen molar-refractivity contribution < 1.29 is 9.90 Å². The van der Waals surface area contributed by atoms with Crippen molar-refractivity contribution in [3.8, 4) is 11.4 Å². The first kappa shape index (κ1) is 27.0. The number of nitrogens with one attached hydrogen (secondary N) is 2. The second kappa shape index (κ2) is 12.9. The number of allylic oxidation sites excluding steroid dienone is 1. The number of aromatic nitrogens is 3. The normalized spacial score (nSPS) is 11.0. The minimum atomic E-state index is -0.313. The number of hydrogen-bond donors (Lipinski definition) is 3. The van der Waals surface area contributed by atoms with E-state index in [-0.39, 0.29) is 17.4 Å². The summed E-state index contributed by atoms with van der Waals surface area (Å²) in [6.45, 7) is 6.10. The second-order valence-electron chi connectivity index (χ2n) is 8.31. The Bertz CT molecular complexity index is 1460.